The molecule has 1 atom stereocenters. The summed E-state index contributed by atoms with van der Waals surface area (Å²) in [5.41, 5.74) is 4.37. The third-order valence-corrected chi connectivity index (χ3v) is 2.38. The molecule has 0 spiro atoms. The summed E-state index contributed by atoms with van der Waals surface area (Å²) >= 11 is 0. The number of anilines is 2. The van der Waals surface area contributed by atoms with Crippen molar-refractivity contribution in [3.05, 3.63) is 11.8 Å². The molecule has 0 aliphatic carbocycles. The summed E-state index contributed by atoms with van der Waals surface area (Å²) in [4.78, 5) is 6.94. The van der Waals surface area contributed by atoms with Crippen LogP contribution in [0, 0.1) is 0 Å². The largest absolute Gasteiger partial charge is 0.421 e. The van der Waals surface area contributed by atoms with Crippen molar-refractivity contribution in [3.63, 3.8) is 0 Å². The molecule has 1 saturated heterocycles. The van der Waals surface area contributed by atoms with Gasteiger partial charge in [0.1, 0.15) is 11.4 Å². The van der Waals surface area contributed by atoms with Gasteiger partial charge in [-0.25, -0.2) is 4.98 Å². The van der Waals surface area contributed by atoms with Gasteiger partial charge in [0.15, 0.2) is 0 Å². The zero-order chi connectivity index (χ0) is 12.5. The van der Waals surface area contributed by atoms with Gasteiger partial charge in [0.05, 0.1) is 12.6 Å². The third kappa shape index (κ3) is 2.76. The smallest absolute Gasteiger partial charge is 0.379 e. The van der Waals surface area contributed by atoms with E-state index in [4.69, 9.17) is 10.5 Å². The molecule has 1 unspecified atom stereocenters. The highest BCUT2D eigenvalue weighted by Crippen LogP contribution is 2.34. The van der Waals surface area contributed by atoms with Gasteiger partial charge in [-0.05, 0) is 6.42 Å². The number of nitrogen functional groups attached to an aromatic ring is 1. The van der Waals surface area contributed by atoms with E-state index in [1.54, 1.807) is 0 Å². The van der Waals surface area contributed by atoms with Gasteiger partial charge in [0.25, 0.3) is 0 Å². The first-order valence-corrected chi connectivity index (χ1v) is 5.01. The van der Waals surface area contributed by atoms with E-state index < -0.39 is 11.7 Å². The molecular formula is C9H11F3N4O. The molecule has 1 aromatic heterocycles. The molecule has 1 aliphatic heterocycles. The Morgan fingerprint density at radius 3 is 2.82 bits per heavy atom. The van der Waals surface area contributed by atoms with E-state index in [1.165, 1.54) is 0 Å². The van der Waals surface area contributed by atoms with E-state index in [-0.39, 0.29) is 17.8 Å². The lowest BCUT2D eigenvalue weighted by atomic mass is 10.2. The van der Waals surface area contributed by atoms with Crippen molar-refractivity contribution >= 4 is 11.8 Å². The van der Waals surface area contributed by atoms with E-state index >= 15 is 0 Å². The second kappa shape index (κ2) is 4.36. The molecule has 0 aromatic carbocycles. The highest BCUT2D eigenvalue weighted by atomic mass is 19.4. The standard InChI is InChI=1S/C9H11F3N4O/c10-9(11,12)6-3-14-8(13)16-7(6)15-5-1-2-17-4-5/h3,5H,1-2,4H2,(H3,13,14,15,16). The minimum absolute atomic E-state index is 0.176. The highest BCUT2D eigenvalue weighted by molar-refractivity contribution is 5.48. The maximum Gasteiger partial charge on any atom is 0.421 e. The molecule has 2 heterocycles. The predicted molar refractivity (Wildman–Crippen MR) is 54.3 cm³/mol. The Morgan fingerprint density at radius 1 is 1.47 bits per heavy atom. The average molecular weight is 248 g/mol. The van der Waals surface area contributed by atoms with Crippen LogP contribution in [-0.4, -0.2) is 29.2 Å². The molecule has 17 heavy (non-hydrogen) atoms. The number of nitrogens with one attached hydrogen (secondary N) is 1. The zero-order valence-corrected chi connectivity index (χ0v) is 8.79. The number of alkyl halides is 3. The minimum atomic E-state index is -4.50. The number of halogens is 3. The number of aromatic nitrogens is 2. The van der Waals surface area contributed by atoms with Gasteiger partial charge in [-0.15, -0.1) is 0 Å². The van der Waals surface area contributed by atoms with Crippen LogP contribution in [0.4, 0.5) is 24.9 Å². The first kappa shape index (κ1) is 11.9. The van der Waals surface area contributed by atoms with Gasteiger partial charge in [-0.3, -0.25) is 0 Å². The Kier molecular flexibility index (Phi) is 3.05. The van der Waals surface area contributed by atoms with E-state index in [9.17, 15) is 13.2 Å². The van der Waals surface area contributed by atoms with Crippen LogP contribution in [0.5, 0.6) is 0 Å². The van der Waals surface area contributed by atoms with Crippen molar-refractivity contribution in [2.75, 3.05) is 24.3 Å². The highest BCUT2D eigenvalue weighted by Gasteiger charge is 2.36. The lowest BCUT2D eigenvalue weighted by molar-refractivity contribution is -0.137. The summed E-state index contributed by atoms with van der Waals surface area (Å²) in [6, 6.07) is -0.176. The number of hydrogen-bond acceptors (Lipinski definition) is 5. The van der Waals surface area contributed by atoms with Crippen molar-refractivity contribution in [2.45, 2.75) is 18.6 Å². The maximum atomic E-state index is 12.7. The van der Waals surface area contributed by atoms with Crippen molar-refractivity contribution in [3.8, 4) is 0 Å². The van der Waals surface area contributed by atoms with Crippen molar-refractivity contribution in [2.24, 2.45) is 0 Å². The number of nitrogens with zero attached hydrogens (tertiary/aromatic N) is 2. The summed E-state index contributed by atoms with van der Waals surface area (Å²) in [6.45, 7) is 0.890. The fraction of sp³-hybridized carbons (Fsp3) is 0.556. The van der Waals surface area contributed by atoms with Crippen LogP contribution in [0.1, 0.15) is 12.0 Å². The van der Waals surface area contributed by atoms with E-state index in [0.717, 1.165) is 0 Å². The monoisotopic (exact) mass is 248 g/mol. The molecule has 8 heteroatoms. The average Bonchev–Trinajstić information content (AvgIpc) is 2.68. The second-order valence-electron chi connectivity index (χ2n) is 3.69. The normalized spacial score (nSPS) is 20.5. The molecule has 0 bridgehead atoms. The van der Waals surface area contributed by atoms with Crippen LogP contribution in [0.15, 0.2) is 6.20 Å². The lowest BCUT2D eigenvalue weighted by Gasteiger charge is -2.16. The molecule has 0 radical (unpaired) electrons. The topological polar surface area (TPSA) is 73.1 Å². The van der Waals surface area contributed by atoms with Gasteiger partial charge in [0, 0.05) is 12.8 Å². The molecule has 1 aliphatic rings. The summed E-state index contributed by atoms with van der Waals surface area (Å²) < 4.78 is 43.1. The fourth-order valence-electron chi connectivity index (χ4n) is 1.55. The Hall–Kier alpha value is -1.57. The number of ether oxygens (including phenoxy) is 1. The Labute approximate surface area is 95.2 Å². The Morgan fingerprint density at radius 2 is 2.24 bits per heavy atom. The van der Waals surface area contributed by atoms with Crippen LogP contribution in [0.2, 0.25) is 0 Å². The van der Waals surface area contributed by atoms with Crippen LogP contribution < -0.4 is 11.1 Å². The van der Waals surface area contributed by atoms with Crippen molar-refractivity contribution in [1.29, 1.82) is 0 Å². The molecule has 94 valence electrons. The van der Waals surface area contributed by atoms with Gasteiger partial charge in [0.2, 0.25) is 5.95 Å². The van der Waals surface area contributed by atoms with Crippen LogP contribution in [-0.2, 0) is 10.9 Å². The zero-order valence-electron chi connectivity index (χ0n) is 8.79. The predicted octanol–water partition coefficient (Wildman–Crippen LogP) is 1.28. The number of rotatable bonds is 2. The molecular weight excluding hydrogens is 237 g/mol. The summed E-state index contributed by atoms with van der Waals surface area (Å²) in [5.74, 6) is -0.486. The summed E-state index contributed by atoms with van der Waals surface area (Å²) in [5, 5.41) is 2.68. The van der Waals surface area contributed by atoms with Crippen molar-refractivity contribution < 1.29 is 17.9 Å². The molecule has 5 nitrogen and oxygen atoms in total. The molecule has 3 N–H and O–H groups in total. The van der Waals surface area contributed by atoms with E-state index in [1.807, 2.05) is 0 Å². The van der Waals surface area contributed by atoms with Crippen molar-refractivity contribution in [1.82, 2.24) is 9.97 Å². The maximum absolute atomic E-state index is 12.7. The summed E-state index contributed by atoms with van der Waals surface area (Å²) in [6.07, 6.45) is -3.18. The minimum Gasteiger partial charge on any atom is -0.379 e. The summed E-state index contributed by atoms with van der Waals surface area (Å²) in [7, 11) is 0. The molecule has 1 fully saturated rings. The SMILES string of the molecule is Nc1ncc(C(F)(F)F)c(NC2CCOC2)n1. The first-order valence-electron chi connectivity index (χ1n) is 5.01. The molecule has 0 saturated carbocycles. The molecule has 2 rings (SSSR count). The van der Waals surface area contributed by atoms with Gasteiger partial charge in [-0.2, -0.15) is 18.2 Å². The van der Waals surface area contributed by atoms with Gasteiger partial charge >= 0.3 is 6.18 Å². The Balaban J connectivity index is 2.26. The van der Waals surface area contributed by atoms with E-state index in [0.29, 0.717) is 25.8 Å². The fourth-order valence-corrected chi connectivity index (χ4v) is 1.55. The van der Waals surface area contributed by atoms with Gasteiger partial charge in [-0.1, -0.05) is 0 Å². The first-order chi connectivity index (χ1) is 7.97. The van der Waals surface area contributed by atoms with Crippen LogP contribution >= 0.6 is 0 Å². The number of hydrogen-bond donors (Lipinski definition) is 2. The second-order valence-corrected chi connectivity index (χ2v) is 3.69. The third-order valence-electron chi connectivity index (χ3n) is 2.38. The number of nitrogens with two attached hydrogens (primary N) is 1. The van der Waals surface area contributed by atoms with Crippen LogP contribution in [0.25, 0.3) is 0 Å². The van der Waals surface area contributed by atoms with E-state index in [2.05, 4.69) is 15.3 Å². The quantitative estimate of drug-likeness (QED) is 0.824. The molecule has 0 amide bonds. The van der Waals surface area contributed by atoms with Gasteiger partial charge < -0.3 is 15.8 Å². The lowest BCUT2D eigenvalue weighted by Crippen LogP contribution is -2.23. The molecule has 1 aromatic rings. The Bertz CT molecular complexity index is 404. The van der Waals surface area contributed by atoms with Crippen LogP contribution in [0.3, 0.4) is 0 Å².